The van der Waals surface area contributed by atoms with Crippen molar-refractivity contribution in [1.29, 1.82) is 0 Å². The monoisotopic (exact) mass is 331 g/mol. The van der Waals surface area contributed by atoms with Gasteiger partial charge in [0.1, 0.15) is 0 Å². The van der Waals surface area contributed by atoms with E-state index in [1.165, 1.54) is 0 Å². The molecule has 1 atom stereocenters. The van der Waals surface area contributed by atoms with E-state index in [0.717, 1.165) is 25.8 Å². The van der Waals surface area contributed by atoms with E-state index < -0.39 is 0 Å². The van der Waals surface area contributed by atoms with Gasteiger partial charge in [0, 0.05) is 30.0 Å². The van der Waals surface area contributed by atoms with E-state index >= 15 is 0 Å². The summed E-state index contributed by atoms with van der Waals surface area (Å²) in [6, 6.07) is 5.31. The summed E-state index contributed by atoms with van der Waals surface area (Å²) in [5, 5.41) is 0. The van der Waals surface area contributed by atoms with E-state index in [1.807, 2.05) is 25.7 Å². The molecule has 0 aromatic heterocycles. The molecule has 5 heteroatoms. The first-order valence-electron chi connectivity index (χ1n) is 8.65. The molecule has 1 amide bonds. The number of Topliss-reactive ketones (excluding diaryl/α,β-unsaturated/α-hetero) is 1. The summed E-state index contributed by atoms with van der Waals surface area (Å²) in [5.74, 6) is 1.39. The minimum absolute atomic E-state index is 0.0834. The van der Waals surface area contributed by atoms with E-state index in [9.17, 15) is 9.59 Å². The number of amides is 1. The second kappa shape index (κ2) is 6.46. The van der Waals surface area contributed by atoms with Crippen molar-refractivity contribution in [3.8, 4) is 11.5 Å². The molecule has 0 radical (unpaired) electrons. The predicted octanol–water partition coefficient (Wildman–Crippen LogP) is 3.27. The summed E-state index contributed by atoms with van der Waals surface area (Å²) < 4.78 is 10.6. The summed E-state index contributed by atoms with van der Waals surface area (Å²) in [7, 11) is 0. The van der Waals surface area contributed by atoms with Gasteiger partial charge in [-0.2, -0.15) is 0 Å². The van der Waals surface area contributed by atoms with Crippen molar-refractivity contribution in [3.05, 3.63) is 23.8 Å². The topological polar surface area (TPSA) is 55.8 Å². The maximum Gasteiger partial charge on any atom is 0.231 e. The van der Waals surface area contributed by atoms with Crippen molar-refractivity contribution < 1.29 is 19.1 Å². The number of benzene rings is 1. The van der Waals surface area contributed by atoms with E-state index in [1.54, 1.807) is 18.2 Å². The van der Waals surface area contributed by atoms with Gasteiger partial charge in [0.05, 0.1) is 0 Å². The van der Waals surface area contributed by atoms with Crippen molar-refractivity contribution in [1.82, 2.24) is 4.90 Å². The first kappa shape index (κ1) is 16.8. The Labute approximate surface area is 142 Å². The molecule has 1 fully saturated rings. The van der Waals surface area contributed by atoms with Gasteiger partial charge in [0.15, 0.2) is 17.3 Å². The second-order valence-corrected chi connectivity index (χ2v) is 7.26. The number of nitrogens with zero attached hydrogens (tertiary/aromatic N) is 1. The molecule has 3 rings (SSSR count). The molecule has 0 bridgehead atoms. The van der Waals surface area contributed by atoms with Gasteiger partial charge >= 0.3 is 0 Å². The molecule has 2 heterocycles. The molecule has 2 aliphatic rings. The van der Waals surface area contributed by atoms with Crippen LogP contribution >= 0.6 is 0 Å². The summed E-state index contributed by atoms with van der Waals surface area (Å²) >= 11 is 0. The van der Waals surface area contributed by atoms with Gasteiger partial charge in [-0.3, -0.25) is 9.59 Å². The van der Waals surface area contributed by atoms with Crippen LogP contribution in [0, 0.1) is 11.3 Å². The number of hydrogen-bond donors (Lipinski definition) is 0. The molecule has 2 aliphatic heterocycles. The largest absolute Gasteiger partial charge is 0.454 e. The normalized spacial score (nSPS) is 20.1. The van der Waals surface area contributed by atoms with Crippen molar-refractivity contribution in [2.45, 2.75) is 40.0 Å². The van der Waals surface area contributed by atoms with Crippen LogP contribution in [0.4, 0.5) is 0 Å². The van der Waals surface area contributed by atoms with Gasteiger partial charge in [-0.15, -0.1) is 0 Å². The van der Waals surface area contributed by atoms with Crippen molar-refractivity contribution in [3.63, 3.8) is 0 Å². The Morgan fingerprint density at radius 1 is 1.25 bits per heavy atom. The number of fused-ring (bicyclic) bond motifs is 1. The van der Waals surface area contributed by atoms with Crippen molar-refractivity contribution in [2.75, 3.05) is 19.9 Å². The molecule has 0 aliphatic carbocycles. The molecule has 1 aromatic rings. The number of rotatable bonds is 4. The molecule has 24 heavy (non-hydrogen) atoms. The van der Waals surface area contributed by atoms with Gasteiger partial charge in [-0.05, 0) is 37.5 Å². The molecule has 5 nitrogen and oxygen atoms in total. The Bertz CT molecular complexity index is 653. The quantitative estimate of drug-likeness (QED) is 0.795. The Morgan fingerprint density at radius 3 is 2.75 bits per heavy atom. The molecule has 0 N–H and O–H groups in total. The average molecular weight is 331 g/mol. The number of carbonyl (C=O) groups excluding carboxylic acids is 2. The molecular formula is C19H25NO4. The van der Waals surface area contributed by atoms with Gasteiger partial charge in [0.2, 0.25) is 12.7 Å². The number of ketones is 1. The lowest BCUT2D eigenvalue weighted by Gasteiger charge is -2.37. The molecule has 1 saturated heterocycles. The SMILES string of the molecule is CCC(C)(C)C(=O)N1CCC[C@H](C(=O)c2ccc3c(c2)OCO3)C1. The molecule has 0 spiro atoms. The van der Waals surface area contributed by atoms with Gasteiger partial charge in [-0.25, -0.2) is 0 Å². The maximum atomic E-state index is 12.9. The first-order valence-corrected chi connectivity index (χ1v) is 8.65. The van der Waals surface area contributed by atoms with Crippen LogP contribution in [0.5, 0.6) is 11.5 Å². The minimum atomic E-state index is -0.371. The summed E-state index contributed by atoms with van der Waals surface area (Å²) in [5.41, 5.74) is 0.261. The third-order valence-corrected chi connectivity index (χ3v) is 5.20. The summed E-state index contributed by atoms with van der Waals surface area (Å²) in [6.45, 7) is 7.42. The van der Waals surface area contributed by atoms with Crippen LogP contribution in [-0.4, -0.2) is 36.5 Å². The fourth-order valence-corrected chi connectivity index (χ4v) is 3.24. The van der Waals surface area contributed by atoms with Gasteiger partial charge in [-0.1, -0.05) is 20.8 Å². The first-order chi connectivity index (χ1) is 11.4. The smallest absolute Gasteiger partial charge is 0.231 e. The number of ether oxygens (including phenoxy) is 2. The Balaban J connectivity index is 1.72. The zero-order chi connectivity index (χ0) is 17.3. The van der Waals surface area contributed by atoms with E-state index in [2.05, 4.69) is 0 Å². The van der Waals surface area contributed by atoms with Crippen LogP contribution in [-0.2, 0) is 4.79 Å². The average Bonchev–Trinajstić information content (AvgIpc) is 3.08. The predicted molar refractivity (Wildman–Crippen MR) is 90.3 cm³/mol. The zero-order valence-electron chi connectivity index (χ0n) is 14.6. The maximum absolute atomic E-state index is 12.9. The van der Waals surface area contributed by atoms with Crippen molar-refractivity contribution >= 4 is 11.7 Å². The van der Waals surface area contributed by atoms with Crippen LogP contribution in [0.3, 0.4) is 0 Å². The fourth-order valence-electron chi connectivity index (χ4n) is 3.24. The molecular weight excluding hydrogens is 306 g/mol. The fraction of sp³-hybridized carbons (Fsp3) is 0.579. The number of hydrogen-bond acceptors (Lipinski definition) is 4. The van der Waals surface area contributed by atoms with Crippen LogP contribution in [0.15, 0.2) is 18.2 Å². The zero-order valence-corrected chi connectivity index (χ0v) is 14.6. The Kier molecular flexibility index (Phi) is 4.52. The lowest BCUT2D eigenvalue weighted by Crippen LogP contribution is -2.47. The Hall–Kier alpha value is -2.04. The molecule has 0 saturated carbocycles. The number of piperidine rings is 1. The van der Waals surface area contributed by atoms with Gasteiger partial charge in [0.25, 0.3) is 0 Å². The molecule has 130 valence electrons. The lowest BCUT2D eigenvalue weighted by atomic mass is 9.85. The minimum Gasteiger partial charge on any atom is -0.454 e. The van der Waals surface area contributed by atoms with Crippen LogP contribution < -0.4 is 9.47 Å². The summed E-state index contributed by atoms with van der Waals surface area (Å²) in [4.78, 5) is 27.4. The third kappa shape index (κ3) is 3.12. The summed E-state index contributed by atoms with van der Waals surface area (Å²) in [6.07, 6.45) is 2.49. The van der Waals surface area contributed by atoms with Crippen molar-refractivity contribution in [2.24, 2.45) is 11.3 Å². The van der Waals surface area contributed by atoms with Crippen LogP contribution in [0.1, 0.15) is 50.4 Å². The van der Waals surface area contributed by atoms with E-state index in [4.69, 9.17) is 9.47 Å². The van der Waals surface area contributed by atoms with Crippen LogP contribution in [0.2, 0.25) is 0 Å². The molecule has 1 aromatic carbocycles. The molecule has 0 unspecified atom stereocenters. The highest BCUT2D eigenvalue weighted by Crippen LogP contribution is 2.34. The van der Waals surface area contributed by atoms with Gasteiger partial charge < -0.3 is 14.4 Å². The number of carbonyl (C=O) groups is 2. The highest BCUT2D eigenvalue weighted by atomic mass is 16.7. The van der Waals surface area contributed by atoms with E-state index in [-0.39, 0.29) is 29.8 Å². The lowest BCUT2D eigenvalue weighted by molar-refractivity contribution is -0.142. The highest BCUT2D eigenvalue weighted by Gasteiger charge is 2.35. The third-order valence-electron chi connectivity index (χ3n) is 5.20. The second-order valence-electron chi connectivity index (χ2n) is 7.26. The van der Waals surface area contributed by atoms with E-state index in [0.29, 0.717) is 23.6 Å². The van der Waals surface area contributed by atoms with Crippen LogP contribution in [0.25, 0.3) is 0 Å². The highest BCUT2D eigenvalue weighted by molar-refractivity contribution is 5.99. The number of likely N-dealkylation sites (tertiary alicyclic amines) is 1. The Morgan fingerprint density at radius 2 is 2.00 bits per heavy atom. The standard InChI is InChI=1S/C19H25NO4/c1-4-19(2,3)18(22)20-9-5-6-14(11-20)17(21)13-7-8-15-16(10-13)24-12-23-15/h7-8,10,14H,4-6,9,11-12H2,1-3H3/t14-/m0/s1.